The SMILES string of the molecule is COc1ccccc1CCN(CC(=O)Nc1ccc(Cl)cc1Cl)C(C)=O. The molecule has 0 fully saturated rings. The summed E-state index contributed by atoms with van der Waals surface area (Å²) in [6.07, 6.45) is 0.582. The molecule has 2 amide bonds. The summed E-state index contributed by atoms with van der Waals surface area (Å²) in [7, 11) is 1.60. The first-order valence-electron chi connectivity index (χ1n) is 8.03. The number of hydrogen-bond acceptors (Lipinski definition) is 3. The Morgan fingerprint density at radius 2 is 1.88 bits per heavy atom. The van der Waals surface area contributed by atoms with Gasteiger partial charge in [0.25, 0.3) is 0 Å². The Morgan fingerprint density at radius 3 is 2.54 bits per heavy atom. The van der Waals surface area contributed by atoms with Crippen molar-refractivity contribution in [3.05, 3.63) is 58.1 Å². The zero-order chi connectivity index (χ0) is 19.1. The van der Waals surface area contributed by atoms with Crippen LogP contribution in [-0.2, 0) is 16.0 Å². The van der Waals surface area contributed by atoms with Gasteiger partial charge in [-0.3, -0.25) is 9.59 Å². The zero-order valence-electron chi connectivity index (χ0n) is 14.6. The quantitative estimate of drug-likeness (QED) is 0.770. The van der Waals surface area contributed by atoms with Gasteiger partial charge < -0.3 is 15.0 Å². The lowest BCUT2D eigenvalue weighted by atomic mass is 10.1. The summed E-state index contributed by atoms with van der Waals surface area (Å²) in [5.41, 5.74) is 1.43. The van der Waals surface area contributed by atoms with E-state index in [1.54, 1.807) is 25.3 Å². The molecule has 0 spiro atoms. The van der Waals surface area contributed by atoms with E-state index in [-0.39, 0.29) is 18.4 Å². The monoisotopic (exact) mass is 394 g/mol. The van der Waals surface area contributed by atoms with Crippen LogP contribution in [0.15, 0.2) is 42.5 Å². The van der Waals surface area contributed by atoms with Gasteiger partial charge in [-0.15, -0.1) is 0 Å². The molecule has 7 heteroatoms. The standard InChI is InChI=1S/C19H20Cl2N2O3/c1-13(24)23(10-9-14-5-3-4-6-18(14)26-2)12-19(25)22-17-8-7-15(20)11-16(17)21/h3-8,11H,9-10,12H2,1-2H3,(H,22,25). The summed E-state index contributed by atoms with van der Waals surface area (Å²) < 4.78 is 5.31. The van der Waals surface area contributed by atoms with Gasteiger partial charge >= 0.3 is 0 Å². The van der Waals surface area contributed by atoms with Crippen molar-refractivity contribution in [2.24, 2.45) is 0 Å². The van der Waals surface area contributed by atoms with Gasteiger partial charge in [0.1, 0.15) is 5.75 Å². The molecule has 5 nitrogen and oxygen atoms in total. The second-order valence-corrected chi connectivity index (χ2v) is 6.52. The van der Waals surface area contributed by atoms with Crippen LogP contribution < -0.4 is 10.1 Å². The summed E-state index contributed by atoms with van der Waals surface area (Å²) in [4.78, 5) is 25.6. The smallest absolute Gasteiger partial charge is 0.244 e. The number of ether oxygens (including phenoxy) is 1. The van der Waals surface area contributed by atoms with E-state index in [2.05, 4.69) is 5.32 Å². The lowest BCUT2D eigenvalue weighted by Gasteiger charge is -2.21. The molecule has 0 saturated carbocycles. The van der Waals surface area contributed by atoms with Crippen LogP contribution in [0.25, 0.3) is 0 Å². The summed E-state index contributed by atoms with van der Waals surface area (Å²) in [6.45, 7) is 1.77. The second-order valence-electron chi connectivity index (χ2n) is 5.67. The van der Waals surface area contributed by atoms with E-state index < -0.39 is 0 Å². The minimum absolute atomic E-state index is 0.0660. The van der Waals surface area contributed by atoms with E-state index in [1.165, 1.54) is 11.8 Å². The van der Waals surface area contributed by atoms with Crippen LogP contribution in [0, 0.1) is 0 Å². The molecule has 0 aliphatic rings. The van der Waals surface area contributed by atoms with E-state index in [1.807, 2.05) is 24.3 Å². The maximum atomic E-state index is 12.3. The number of carbonyl (C=O) groups excluding carboxylic acids is 2. The molecule has 2 aromatic carbocycles. The topological polar surface area (TPSA) is 58.6 Å². The number of hydrogen-bond donors (Lipinski definition) is 1. The van der Waals surface area contributed by atoms with E-state index in [9.17, 15) is 9.59 Å². The van der Waals surface area contributed by atoms with Gasteiger partial charge in [-0.25, -0.2) is 0 Å². The number of nitrogens with zero attached hydrogens (tertiary/aromatic N) is 1. The number of amides is 2. The van der Waals surface area contributed by atoms with Crippen molar-refractivity contribution in [3.8, 4) is 5.75 Å². The third kappa shape index (κ3) is 5.64. The fraction of sp³-hybridized carbons (Fsp3) is 0.263. The largest absolute Gasteiger partial charge is 0.496 e. The molecule has 0 atom stereocenters. The van der Waals surface area contributed by atoms with Crippen LogP contribution in [0.5, 0.6) is 5.75 Å². The molecule has 26 heavy (non-hydrogen) atoms. The van der Waals surface area contributed by atoms with Crippen LogP contribution in [0.2, 0.25) is 10.0 Å². The maximum Gasteiger partial charge on any atom is 0.244 e. The van der Waals surface area contributed by atoms with Crippen molar-refractivity contribution in [1.29, 1.82) is 0 Å². The van der Waals surface area contributed by atoms with Gasteiger partial charge in [-0.05, 0) is 36.2 Å². The van der Waals surface area contributed by atoms with E-state index >= 15 is 0 Å². The number of carbonyl (C=O) groups is 2. The fourth-order valence-electron chi connectivity index (χ4n) is 2.47. The first-order valence-corrected chi connectivity index (χ1v) is 8.78. The van der Waals surface area contributed by atoms with Crippen LogP contribution >= 0.6 is 23.2 Å². The predicted molar refractivity (Wildman–Crippen MR) is 104 cm³/mol. The van der Waals surface area contributed by atoms with Crippen LogP contribution in [0.1, 0.15) is 12.5 Å². The molecule has 138 valence electrons. The molecule has 0 saturated heterocycles. The summed E-state index contributed by atoms with van der Waals surface area (Å²) in [5.74, 6) is 0.245. The average Bonchev–Trinajstić information content (AvgIpc) is 2.61. The molecule has 0 radical (unpaired) electrons. The molecule has 2 aromatic rings. The normalized spacial score (nSPS) is 10.3. The first kappa shape index (κ1) is 20.1. The highest BCUT2D eigenvalue weighted by Gasteiger charge is 2.15. The molecule has 0 aliphatic carbocycles. The number of nitrogens with one attached hydrogen (secondary N) is 1. The Balaban J connectivity index is 1.99. The lowest BCUT2D eigenvalue weighted by molar-refractivity contribution is -0.132. The van der Waals surface area contributed by atoms with E-state index in [4.69, 9.17) is 27.9 Å². The van der Waals surface area contributed by atoms with Crippen LogP contribution in [0.3, 0.4) is 0 Å². The van der Waals surface area contributed by atoms with Gasteiger partial charge in [0.15, 0.2) is 0 Å². The maximum absolute atomic E-state index is 12.3. The minimum Gasteiger partial charge on any atom is -0.496 e. The third-order valence-electron chi connectivity index (χ3n) is 3.83. The highest BCUT2D eigenvalue weighted by Crippen LogP contribution is 2.25. The molecular formula is C19H20Cl2N2O3. The number of halogens is 2. The molecule has 0 unspecified atom stereocenters. The Bertz CT molecular complexity index is 796. The molecule has 1 N–H and O–H groups in total. The summed E-state index contributed by atoms with van der Waals surface area (Å²) in [6, 6.07) is 12.4. The van der Waals surface area contributed by atoms with Crippen LogP contribution in [0.4, 0.5) is 5.69 Å². The molecule has 0 heterocycles. The minimum atomic E-state index is -0.329. The van der Waals surface area contributed by atoms with Crippen molar-refractivity contribution in [1.82, 2.24) is 4.90 Å². The second kappa shape index (κ2) is 9.46. The lowest BCUT2D eigenvalue weighted by Crippen LogP contribution is -2.38. The van der Waals surface area contributed by atoms with E-state index in [0.29, 0.717) is 28.7 Å². The van der Waals surface area contributed by atoms with Gasteiger partial charge in [0.2, 0.25) is 11.8 Å². The third-order valence-corrected chi connectivity index (χ3v) is 4.38. The van der Waals surface area contributed by atoms with Crippen molar-refractivity contribution >= 4 is 40.7 Å². The number of methoxy groups -OCH3 is 1. The van der Waals surface area contributed by atoms with E-state index in [0.717, 1.165) is 11.3 Å². The predicted octanol–water partition coefficient (Wildman–Crippen LogP) is 4.03. The number of benzene rings is 2. The average molecular weight is 395 g/mol. The summed E-state index contributed by atoms with van der Waals surface area (Å²) >= 11 is 11.9. The van der Waals surface area contributed by atoms with Crippen molar-refractivity contribution in [2.45, 2.75) is 13.3 Å². The number of para-hydroxylation sites is 1. The highest BCUT2D eigenvalue weighted by atomic mass is 35.5. The number of anilines is 1. The molecule has 0 bridgehead atoms. The highest BCUT2D eigenvalue weighted by molar-refractivity contribution is 6.36. The van der Waals surface area contributed by atoms with Crippen molar-refractivity contribution < 1.29 is 14.3 Å². The summed E-state index contributed by atoms with van der Waals surface area (Å²) in [5, 5.41) is 3.52. The Kier molecular flexibility index (Phi) is 7.30. The fourth-order valence-corrected chi connectivity index (χ4v) is 2.92. The molecular weight excluding hydrogens is 375 g/mol. The Labute approximate surface area is 162 Å². The Morgan fingerprint density at radius 1 is 1.15 bits per heavy atom. The van der Waals surface area contributed by atoms with Gasteiger partial charge in [0, 0.05) is 18.5 Å². The van der Waals surface area contributed by atoms with Gasteiger partial charge in [0.05, 0.1) is 24.4 Å². The van der Waals surface area contributed by atoms with Crippen LogP contribution in [-0.4, -0.2) is 36.9 Å². The zero-order valence-corrected chi connectivity index (χ0v) is 16.1. The molecule has 2 rings (SSSR count). The number of rotatable bonds is 7. The van der Waals surface area contributed by atoms with Crippen molar-refractivity contribution in [3.63, 3.8) is 0 Å². The van der Waals surface area contributed by atoms with Gasteiger partial charge in [-0.2, -0.15) is 0 Å². The Hall–Kier alpha value is -2.24. The molecule has 0 aromatic heterocycles. The van der Waals surface area contributed by atoms with Crippen molar-refractivity contribution in [2.75, 3.05) is 25.5 Å². The first-order chi connectivity index (χ1) is 12.4. The van der Waals surface area contributed by atoms with Gasteiger partial charge in [-0.1, -0.05) is 41.4 Å². The molecule has 0 aliphatic heterocycles.